The highest BCUT2D eigenvalue weighted by molar-refractivity contribution is 6.11. The van der Waals surface area contributed by atoms with Crippen LogP contribution in [0.4, 0.5) is 11.4 Å². The number of phenols is 2. The Hall–Kier alpha value is -3.49. The minimum atomic E-state index is -0.861. The fraction of sp³-hybridized carbons (Fsp3) is 0. The van der Waals surface area contributed by atoms with Gasteiger partial charge in [0.1, 0.15) is 11.5 Å². The number of hydrogen-bond acceptors (Lipinski definition) is 7. The van der Waals surface area contributed by atoms with Crippen molar-refractivity contribution in [1.29, 1.82) is 0 Å². The van der Waals surface area contributed by atoms with Crippen LogP contribution in [0.1, 0.15) is 15.9 Å². The predicted molar refractivity (Wildman–Crippen MR) is 73.0 cm³/mol. The average molecular weight is 304 g/mol. The van der Waals surface area contributed by atoms with E-state index in [9.17, 15) is 35.2 Å². The molecule has 2 aromatic carbocycles. The second-order valence-electron chi connectivity index (χ2n) is 4.28. The zero-order valence-corrected chi connectivity index (χ0v) is 10.8. The van der Waals surface area contributed by atoms with Crippen LogP contribution in [0.25, 0.3) is 0 Å². The largest absolute Gasteiger partial charge is 0.508 e. The van der Waals surface area contributed by atoms with Crippen LogP contribution in [0.15, 0.2) is 36.4 Å². The molecule has 0 aliphatic heterocycles. The maximum absolute atomic E-state index is 12.2. The summed E-state index contributed by atoms with van der Waals surface area (Å²) in [4.78, 5) is 32.1. The molecule has 9 heteroatoms. The topological polar surface area (TPSA) is 144 Å². The van der Waals surface area contributed by atoms with Crippen LogP contribution >= 0.6 is 0 Å². The number of hydrogen-bond donors (Lipinski definition) is 2. The monoisotopic (exact) mass is 304 g/mol. The van der Waals surface area contributed by atoms with Crippen molar-refractivity contribution in [2.24, 2.45) is 0 Å². The molecule has 22 heavy (non-hydrogen) atoms. The molecule has 2 N–H and O–H groups in total. The smallest absolute Gasteiger partial charge is 0.277 e. The lowest BCUT2D eigenvalue weighted by Gasteiger charge is -2.05. The number of rotatable bonds is 4. The van der Waals surface area contributed by atoms with Gasteiger partial charge in [0.25, 0.3) is 11.4 Å². The molecule has 0 radical (unpaired) electrons. The standard InChI is InChI=1S/C13H8N2O7/c16-10-1-2-11(12(17)6-10)13(18)7-3-8(14(19)20)5-9(4-7)15(21)22/h1-6,16-17H. The maximum atomic E-state index is 12.2. The second-order valence-corrected chi connectivity index (χ2v) is 4.28. The Bertz CT molecular complexity index is 769. The number of nitro groups is 2. The summed E-state index contributed by atoms with van der Waals surface area (Å²) in [5, 5.41) is 40.4. The number of aromatic hydroxyl groups is 2. The van der Waals surface area contributed by atoms with Crippen molar-refractivity contribution in [2.75, 3.05) is 0 Å². The molecule has 0 atom stereocenters. The Balaban J connectivity index is 2.57. The van der Waals surface area contributed by atoms with Crippen molar-refractivity contribution in [1.82, 2.24) is 0 Å². The average Bonchev–Trinajstić information content (AvgIpc) is 2.46. The summed E-state index contributed by atoms with van der Waals surface area (Å²) in [5.74, 6) is -1.66. The molecule has 0 spiro atoms. The van der Waals surface area contributed by atoms with Crippen molar-refractivity contribution >= 4 is 17.2 Å². The molecule has 2 aromatic rings. The Kier molecular flexibility index (Phi) is 3.71. The summed E-state index contributed by atoms with van der Waals surface area (Å²) >= 11 is 0. The Labute approximate surface area is 122 Å². The minimum absolute atomic E-state index is 0.243. The van der Waals surface area contributed by atoms with E-state index in [2.05, 4.69) is 0 Å². The van der Waals surface area contributed by atoms with Gasteiger partial charge in [0.05, 0.1) is 21.5 Å². The van der Waals surface area contributed by atoms with Crippen LogP contribution in [0.5, 0.6) is 11.5 Å². The zero-order chi connectivity index (χ0) is 16.4. The number of carbonyl (C=O) groups is 1. The van der Waals surface area contributed by atoms with Crippen LogP contribution in [0, 0.1) is 20.2 Å². The molecule has 0 aliphatic rings. The fourth-order valence-electron chi connectivity index (χ4n) is 1.80. The molecule has 0 heterocycles. The number of ketones is 1. The van der Waals surface area contributed by atoms with Crippen LogP contribution in [0.2, 0.25) is 0 Å². The molecule has 0 amide bonds. The first-order valence-corrected chi connectivity index (χ1v) is 5.80. The van der Waals surface area contributed by atoms with Crippen molar-refractivity contribution in [3.63, 3.8) is 0 Å². The van der Waals surface area contributed by atoms with E-state index < -0.39 is 32.8 Å². The van der Waals surface area contributed by atoms with Crippen LogP contribution in [-0.4, -0.2) is 25.8 Å². The number of non-ortho nitro benzene ring substituents is 2. The molecule has 0 aliphatic carbocycles. The van der Waals surface area contributed by atoms with Gasteiger partial charge in [-0.25, -0.2) is 0 Å². The number of benzene rings is 2. The highest BCUT2D eigenvalue weighted by atomic mass is 16.6. The molecule has 0 saturated heterocycles. The van der Waals surface area contributed by atoms with E-state index in [1.165, 1.54) is 0 Å². The minimum Gasteiger partial charge on any atom is -0.508 e. The van der Waals surface area contributed by atoms with Gasteiger partial charge in [-0.3, -0.25) is 25.0 Å². The fourth-order valence-corrected chi connectivity index (χ4v) is 1.80. The lowest BCUT2D eigenvalue weighted by molar-refractivity contribution is -0.394. The molecule has 0 unspecified atom stereocenters. The quantitative estimate of drug-likeness (QED) is 0.500. The van der Waals surface area contributed by atoms with Gasteiger partial charge in [0.2, 0.25) is 0 Å². The van der Waals surface area contributed by atoms with E-state index in [-0.39, 0.29) is 16.9 Å². The Morgan fingerprint density at radius 2 is 1.45 bits per heavy atom. The van der Waals surface area contributed by atoms with Gasteiger partial charge in [-0.1, -0.05) is 0 Å². The van der Waals surface area contributed by atoms with E-state index in [4.69, 9.17) is 0 Å². The van der Waals surface area contributed by atoms with Crippen LogP contribution in [-0.2, 0) is 0 Å². The Morgan fingerprint density at radius 1 is 0.909 bits per heavy atom. The zero-order valence-electron chi connectivity index (χ0n) is 10.8. The maximum Gasteiger partial charge on any atom is 0.277 e. The third-order valence-corrected chi connectivity index (χ3v) is 2.81. The first kappa shape index (κ1) is 14.9. The molecule has 2 rings (SSSR count). The number of carbonyl (C=O) groups excluding carboxylic acids is 1. The highest BCUT2D eigenvalue weighted by Gasteiger charge is 2.22. The third-order valence-electron chi connectivity index (χ3n) is 2.81. The van der Waals surface area contributed by atoms with E-state index in [1.54, 1.807) is 0 Å². The van der Waals surface area contributed by atoms with Crippen LogP contribution < -0.4 is 0 Å². The van der Waals surface area contributed by atoms with E-state index in [0.717, 1.165) is 36.4 Å². The molecule has 9 nitrogen and oxygen atoms in total. The molecule has 112 valence electrons. The van der Waals surface area contributed by atoms with Gasteiger partial charge >= 0.3 is 0 Å². The summed E-state index contributed by atoms with van der Waals surface area (Å²) < 4.78 is 0. The molecule has 0 bridgehead atoms. The van der Waals surface area contributed by atoms with Gasteiger partial charge < -0.3 is 10.2 Å². The highest BCUT2D eigenvalue weighted by Crippen LogP contribution is 2.28. The summed E-state index contributed by atoms with van der Waals surface area (Å²) in [6, 6.07) is 5.64. The molecule has 0 saturated carbocycles. The van der Waals surface area contributed by atoms with Crippen LogP contribution in [0.3, 0.4) is 0 Å². The molecular weight excluding hydrogens is 296 g/mol. The van der Waals surface area contributed by atoms with Crippen molar-refractivity contribution in [3.05, 3.63) is 67.8 Å². The predicted octanol–water partition coefficient (Wildman–Crippen LogP) is 2.15. The lowest BCUT2D eigenvalue weighted by Crippen LogP contribution is -2.04. The van der Waals surface area contributed by atoms with Crippen molar-refractivity contribution < 1.29 is 24.9 Å². The van der Waals surface area contributed by atoms with Gasteiger partial charge in [0, 0.05) is 23.8 Å². The number of nitro benzene ring substituents is 2. The number of phenolic OH excluding ortho intramolecular Hbond substituents is 2. The summed E-state index contributed by atoms with van der Waals surface area (Å²) in [7, 11) is 0. The summed E-state index contributed by atoms with van der Waals surface area (Å²) in [5.41, 5.74) is -1.79. The van der Waals surface area contributed by atoms with Gasteiger partial charge in [0.15, 0.2) is 5.78 Å². The Morgan fingerprint density at radius 3 is 1.91 bits per heavy atom. The molecular formula is C13H8N2O7. The molecule has 0 aromatic heterocycles. The first-order chi connectivity index (χ1) is 10.3. The van der Waals surface area contributed by atoms with E-state index in [0.29, 0.717) is 0 Å². The normalized spacial score (nSPS) is 10.2. The van der Waals surface area contributed by atoms with E-state index in [1.807, 2.05) is 0 Å². The van der Waals surface area contributed by atoms with E-state index >= 15 is 0 Å². The lowest BCUT2D eigenvalue weighted by atomic mass is 10.0. The van der Waals surface area contributed by atoms with Gasteiger partial charge in [-0.15, -0.1) is 0 Å². The SMILES string of the molecule is O=C(c1cc([N+](=O)[O-])cc([N+](=O)[O-])c1)c1ccc(O)cc1O. The molecule has 0 fully saturated rings. The summed E-state index contributed by atoms with van der Waals surface area (Å²) in [6.07, 6.45) is 0. The summed E-state index contributed by atoms with van der Waals surface area (Å²) in [6.45, 7) is 0. The number of nitrogens with zero attached hydrogens (tertiary/aromatic N) is 2. The first-order valence-electron chi connectivity index (χ1n) is 5.80. The van der Waals surface area contributed by atoms with Gasteiger partial charge in [-0.2, -0.15) is 0 Å². The van der Waals surface area contributed by atoms with Crippen molar-refractivity contribution in [2.45, 2.75) is 0 Å². The second kappa shape index (κ2) is 5.48. The van der Waals surface area contributed by atoms with Gasteiger partial charge in [-0.05, 0) is 12.1 Å². The van der Waals surface area contributed by atoms with Crippen molar-refractivity contribution in [3.8, 4) is 11.5 Å². The third kappa shape index (κ3) is 2.82.